The quantitative estimate of drug-likeness (QED) is 0.761. The Kier molecular flexibility index (Phi) is 2.72. The molecule has 0 aliphatic rings. The molecule has 5 heteroatoms. The van der Waals surface area contributed by atoms with E-state index < -0.39 is 0 Å². The van der Waals surface area contributed by atoms with E-state index in [2.05, 4.69) is 15.4 Å². The molecule has 0 atom stereocenters. The predicted octanol–water partition coefficient (Wildman–Crippen LogP) is 2.29. The molecular weight excluding hydrogens is 240 g/mol. The molecule has 5 nitrogen and oxygen atoms in total. The van der Waals surface area contributed by atoms with Crippen molar-refractivity contribution in [2.24, 2.45) is 0 Å². The number of nitrogens with zero attached hydrogens (tertiary/aromatic N) is 3. The van der Waals surface area contributed by atoms with Gasteiger partial charge < -0.3 is 5.32 Å². The number of anilines is 1. The molecule has 0 bridgehead atoms. The summed E-state index contributed by atoms with van der Waals surface area (Å²) in [5.41, 5.74) is 2.82. The number of carbonyl (C=O) groups is 1. The Balaban J connectivity index is 1.95. The fourth-order valence-corrected chi connectivity index (χ4v) is 1.89. The van der Waals surface area contributed by atoms with Gasteiger partial charge in [0, 0.05) is 18.1 Å². The summed E-state index contributed by atoms with van der Waals surface area (Å²) in [5, 5.41) is 6.97. The standard InChI is InChI=1S/C14H12N4O/c1-10-5-2-3-6-12(10)17-14(19)11-9-16-18-8-4-7-15-13(11)18/h2-9H,1H3,(H,17,19). The fraction of sp³-hybridized carbons (Fsp3) is 0.0714. The van der Waals surface area contributed by atoms with Gasteiger partial charge in [-0.1, -0.05) is 18.2 Å². The van der Waals surface area contributed by atoms with Crippen molar-refractivity contribution in [3.05, 3.63) is 60.0 Å². The number of amides is 1. The first-order valence-electron chi connectivity index (χ1n) is 5.91. The largest absolute Gasteiger partial charge is 0.322 e. The zero-order valence-electron chi connectivity index (χ0n) is 10.4. The molecule has 0 unspecified atom stereocenters. The number of aryl methyl sites for hydroxylation is 1. The Morgan fingerprint density at radius 3 is 2.95 bits per heavy atom. The second-order valence-corrected chi connectivity index (χ2v) is 4.22. The van der Waals surface area contributed by atoms with Crippen molar-refractivity contribution in [3.8, 4) is 0 Å². The zero-order valence-corrected chi connectivity index (χ0v) is 10.4. The van der Waals surface area contributed by atoms with Gasteiger partial charge in [-0.15, -0.1) is 0 Å². The fourth-order valence-electron chi connectivity index (χ4n) is 1.89. The molecule has 0 radical (unpaired) electrons. The number of fused-ring (bicyclic) bond motifs is 1. The summed E-state index contributed by atoms with van der Waals surface area (Å²) in [6.07, 6.45) is 4.92. The van der Waals surface area contributed by atoms with E-state index in [1.807, 2.05) is 31.2 Å². The number of rotatable bonds is 2. The summed E-state index contributed by atoms with van der Waals surface area (Å²) in [5.74, 6) is -0.206. The molecule has 2 aromatic heterocycles. The van der Waals surface area contributed by atoms with Gasteiger partial charge in [0.05, 0.1) is 6.20 Å². The molecule has 0 aliphatic heterocycles. The molecule has 1 N–H and O–H groups in total. The first-order chi connectivity index (χ1) is 9.25. The second-order valence-electron chi connectivity index (χ2n) is 4.22. The van der Waals surface area contributed by atoms with Gasteiger partial charge in [0.1, 0.15) is 5.56 Å². The first-order valence-corrected chi connectivity index (χ1v) is 5.91. The van der Waals surface area contributed by atoms with Crippen LogP contribution in [0.15, 0.2) is 48.9 Å². The Morgan fingerprint density at radius 1 is 1.26 bits per heavy atom. The Morgan fingerprint density at radius 2 is 2.11 bits per heavy atom. The van der Waals surface area contributed by atoms with Crippen LogP contribution in [0.4, 0.5) is 5.69 Å². The van der Waals surface area contributed by atoms with Crippen molar-refractivity contribution >= 4 is 17.2 Å². The maximum Gasteiger partial charge on any atom is 0.261 e. The van der Waals surface area contributed by atoms with Crippen LogP contribution >= 0.6 is 0 Å². The molecule has 19 heavy (non-hydrogen) atoms. The van der Waals surface area contributed by atoms with Gasteiger partial charge in [0.25, 0.3) is 5.91 Å². The normalized spacial score (nSPS) is 10.6. The Bertz CT molecular complexity index is 748. The molecule has 1 amide bonds. The molecule has 3 aromatic rings. The lowest BCUT2D eigenvalue weighted by Gasteiger charge is -2.06. The summed E-state index contributed by atoms with van der Waals surface area (Å²) in [4.78, 5) is 16.4. The van der Waals surface area contributed by atoms with Crippen molar-refractivity contribution in [2.75, 3.05) is 5.32 Å². The van der Waals surface area contributed by atoms with Crippen LogP contribution in [-0.4, -0.2) is 20.5 Å². The van der Waals surface area contributed by atoms with Crippen LogP contribution in [0.25, 0.3) is 5.65 Å². The van der Waals surface area contributed by atoms with E-state index in [9.17, 15) is 4.79 Å². The lowest BCUT2D eigenvalue weighted by molar-refractivity contribution is 0.102. The zero-order chi connectivity index (χ0) is 13.2. The van der Waals surface area contributed by atoms with E-state index in [1.165, 1.54) is 6.20 Å². The summed E-state index contributed by atoms with van der Waals surface area (Å²) >= 11 is 0. The maximum atomic E-state index is 12.2. The van der Waals surface area contributed by atoms with Gasteiger partial charge >= 0.3 is 0 Å². The molecule has 0 saturated heterocycles. The van der Waals surface area contributed by atoms with Crippen LogP contribution in [0, 0.1) is 6.92 Å². The lowest BCUT2D eigenvalue weighted by Crippen LogP contribution is -2.12. The van der Waals surface area contributed by atoms with E-state index in [0.717, 1.165) is 11.3 Å². The average Bonchev–Trinajstić information content (AvgIpc) is 2.85. The van der Waals surface area contributed by atoms with Gasteiger partial charge in [0.2, 0.25) is 0 Å². The molecular formula is C14H12N4O. The number of nitrogens with one attached hydrogen (secondary N) is 1. The maximum absolute atomic E-state index is 12.2. The van der Waals surface area contributed by atoms with Crippen molar-refractivity contribution in [1.29, 1.82) is 0 Å². The van der Waals surface area contributed by atoms with E-state index >= 15 is 0 Å². The molecule has 0 saturated carbocycles. The molecule has 0 aliphatic carbocycles. The first kappa shape index (κ1) is 11.4. The van der Waals surface area contributed by atoms with Gasteiger partial charge in [-0.25, -0.2) is 9.50 Å². The molecule has 94 valence electrons. The highest BCUT2D eigenvalue weighted by Gasteiger charge is 2.14. The number of hydrogen-bond acceptors (Lipinski definition) is 3. The highest BCUT2D eigenvalue weighted by Crippen LogP contribution is 2.15. The minimum Gasteiger partial charge on any atom is -0.322 e. The minimum atomic E-state index is -0.206. The second kappa shape index (κ2) is 4.53. The summed E-state index contributed by atoms with van der Waals surface area (Å²) in [7, 11) is 0. The summed E-state index contributed by atoms with van der Waals surface area (Å²) in [6.45, 7) is 1.95. The van der Waals surface area contributed by atoms with Gasteiger partial charge in [0.15, 0.2) is 5.65 Å². The number of benzene rings is 1. The molecule has 2 heterocycles. The molecule has 3 rings (SSSR count). The summed E-state index contributed by atoms with van der Waals surface area (Å²) < 4.78 is 1.58. The van der Waals surface area contributed by atoms with Crippen molar-refractivity contribution in [1.82, 2.24) is 14.6 Å². The van der Waals surface area contributed by atoms with Crippen LogP contribution in [0.5, 0.6) is 0 Å². The molecule has 0 spiro atoms. The highest BCUT2D eigenvalue weighted by atomic mass is 16.1. The summed E-state index contributed by atoms with van der Waals surface area (Å²) in [6, 6.07) is 9.40. The number of hydrogen-bond donors (Lipinski definition) is 1. The van der Waals surface area contributed by atoms with Crippen LogP contribution in [0.1, 0.15) is 15.9 Å². The third kappa shape index (κ3) is 2.06. The SMILES string of the molecule is Cc1ccccc1NC(=O)c1cnn2cccnc12. The number of carbonyl (C=O) groups excluding carboxylic acids is 1. The van der Waals surface area contributed by atoms with Gasteiger partial charge in [-0.2, -0.15) is 5.10 Å². The van der Waals surface area contributed by atoms with Crippen LogP contribution < -0.4 is 5.32 Å². The van der Waals surface area contributed by atoms with E-state index in [4.69, 9.17) is 0 Å². The third-order valence-electron chi connectivity index (χ3n) is 2.92. The van der Waals surface area contributed by atoms with E-state index in [1.54, 1.807) is 23.0 Å². The predicted molar refractivity (Wildman–Crippen MR) is 72.1 cm³/mol. The Labute approximate surface area is 109 Å². The van der Waals surface area contributed by atoms with Crippen LogP contribution in [0.2, 0.25) is 0 Å². The Hall–Kier alpha value is -2.69. The number of aromatic nitrogens is 3. The van der Waals surface area contributed by atoms with Gasteiger partial charge in [-0.3, -0.25) is 4.79 Å². The topological polar surface area (TPSA) is 59.3 Å². The molecule has 0 fully saturated rings. The highest BCUT2D eigenvalue weighted by molar-refractivity contribution is 6.08. The van der Waals surface area contributed by atoms with Crippen LogP contribution in [0.3, 0.4) is 0 Å². The van der Waals surface area contributed by atoms with E-state index in [0.29, 0.717) is 11.2 Å². The van der Waals surface area contributed by atoms with Crippen molar-refractivity contribution in [3.63, 3.8) is 0 Å². The van der Waals surface area contributed by atoms with Gasteiger partial charge in [-0.05, 0) is 24.6 Å². The van der Waals surface area contributed by atoms with Crippen LogP contribution in [-0.2, 0) is 0 Å². The average molecular weight is 252 g/mol. The van der Waals surface area contributed by atoms with Crippen molar-refractivity contribution in [2.45, 2.75) is 6.92 Å². The van der Waals surface area contributed by atoms with E-state index in [-0.39, 0.29) is 5.91 Å². The monoisotopic (exact) mass is 252 g/mol. The number of para-hydroxylation sites is 1. The third-order valence-corrected chi connectivity index (χ3v) is 2.92. The van der Waals surface area contributed by atoms with Crippen molar-refractivity contribution < 1.29 is 4.79 Å². The smallest absolute Gasteiger partial charge is 0.261 e. The molecule has 1 aromatic carbocycles. The minimum absolute atomic E-state index is 0.206. The lowest BCUT2D eigenvalue weighted by atomic mass is 10.2.